The van der Waals surface area contributed by atoms with Crippen LogP contribution in [-0.4, -0.2) is 30.8 Å². The fraction of sp³-hybridized carbons (Fsp3) is 0.364. The van der Waals surface area contributed by atoms with E-state index in [-0.39, 0.29) is 11.7 Å². The van der Waals surface area contributed by atoms with E-state index in [4.69, 9.17) is 9.47 Å². The minimum Gasteiger partial charge on any atom is -0.494 e. The summed E-state index contributed by atoms with van der Waals surface area (Å²) in [5.41, 5.74) is 1.29. The average molecular weight is 417 g/mol. The molecule has 0 aliphatic rings. The summed E-state index contributed by atoms with van der Waals surface area (Å²) in [7, 11) is 1.61. The van der Waals surface area contributed by atoms with Crippen LogP contribution in [0.25, 0.3) is 10.2 Å². The molecule has 154 valence electrons. The molecule has 7 heteroatoms. The molecule has 0 aliphatic carbocycles. The number of carbonyl (C=O) groups excluding carboxylic acids is 1. The SMILES string of the molecule is CCCCCOc1cccc(C(=O)N=c2sc3cc(F)ccc3n2CCOC)c1. The molecule has 1 aromatic heterocycles. The summed E-state index contributed by atoms with van der Waals surface area (Å²) < 4.78 is 27.1. The molecule has 0 aliphatic heterocycles. The van der Waals surface area contributed by atoms with Gasteiger partial charge in [0.1, 0.15) is 11.6 Å². The third kappa shape index (κ3) is 5.52. The van der Waals surface area contributed by atoms with Crippen LogP contribution in [0.3, 0.4) is 0 Å². The van der Waals surface area contributed by atoms with Crippen LogP contribution in [-0.2, 0) is 11.3 Å². The average Bonchev–Trinajstić information content (AvgIpc) is 3.05. The Labute approximate surface area is 173 Å². The van der Waals surface area contributed by atoms with Gasteiger partial charge in [-0.2, -0.15) is 4.99 Å². The summed E-state index contributed by atoms with van der Waals surface area (Å²) in [5.74, 6) is -0.0153. The normalized spacial score (nSPS) is 11.9. The molecule has 0 saturated carbocycles. The molecule has 1 amide bonds. The molecule has 0 saturated heterocycles. The first-order valence-corrected chi connectivity index (χ1v) is 10.5. The fourth-order valence-corrected chi connectivity index (χ4v) is 4.02. The van der Waals surface area contributed by atoms with Gasteiger partial charge in [-0.1, -0.05) is 37.2 Å². The van der Waals surface area contributed by atoms with Crippen molar-refractivity contribution < 1.29 is 18.7 Å². The molecule has 0 unspecified atom stereocenters. The van der Waals surface area contributed by atoms with Crippen molar-refractivity contribution in [1.29, 1.82) is 0 Å². The van der Waals surface area contributed by atoms with Crippen molar-refractivity contribution in [2.75, 3.05) is 20.3 Å². The Morgan fingerprint density at radius 2 is 2.03 bits per heavy atom. The molecule has 3 rings (SSSR count). The van der Waals surface area contributed by atoms with Crippen molar-refractivity contribution in [2.45, 2.75) is 32.7 Å². The minimum atomic E-state index is -0.359. The second-order valence-corrected chi connectivity index (χ2v) is 7.65. The van der Waals surface area contributed by atoms with E-state index < -0.39 is 0 Å². The Bertz CT molecular complexity index is 1040. The number of methoxy groups -OCH3 is 1. The van der Waals surface area contributed by atoms with Gasteiger partial charge in [0.2, 0.25) is 0 Å². The monoisotopic (exact) mass is 416 g/mol. The number of hydrogen-bond acceptors (Lipinski definition) is 4. The number of benzene rings is 2. The molecule has 3 aromatic rings. The Kier molecular flexibility index (Phi) is 7.55. The Morgan fingerprint density at radius 1 is 1.17 bits per heavy atom. The molecule has 0 fully saturated rings. The van der Waals surface area contributed by atoms with Crippen molar-refractivity contribution in [3.05, 3.63) is 58.6 Å². The van der Waals surface area contributed by atoms with E-state index in [9.17, 15) is 9.18 Å². The lowest BCUT2D eigenvalue weighted by Gasteiger charge is -2.06. The number of fused-ring (bicyclic) bond motifs is 1. The molecular weight excluding hydrogens is 391 g/mol. The highest BCUT2D eigenvalue weighted by Crippen LogP contribution is 2.19. The lowest BCUT2D eigenvalue weighted by atomic mass is 10.2. The lowest BCUT2D eigenvalue weighted by Crippen LogP contribution is -2.19. The van der Waals surface area contributed by atoms with Gasteiger partial charge in [0.15, 0.2) is 4.80 Å². The van der Waals surface area contributed by atoms with Crippen molar-refractivity contribution in [1.82, 2.24) is 4.57 Å². The molecule has 2 aromatic carbocycles. The Balaban J connectivity index is 1.89. The number of ether oxygens (including phenoxy) is 2. The second kappa shape index (κ2) is 10.3. The van der Waals surface area contributed by atoms with Gasteiger partial charge in [0.25, 0.3) is 5.91 Å². The zero-order valence-electron chi connectivity index (χ0n) is 16.7. The lowest BCUT2D eigenvalue weighted by molar-refractivity contribution is 0.0997. The molecule has 0 radical (unpaired) electrons. The van der Waals surface area contributed by atoms with E-state index >= 15 is 0 Å². The van der Waals surface area contributed by atoms with Crippen molar-refractivity contribution in [3.8, 4) is 5.75 Å². The molecule has 0 N–H and O–H groups in total. The third-order valence-corrected chi connectivity index (χ3v) is 5.50. The fourth-order valence-electron chi connectivity index (χ4n) is 2.94. The van der Waals surface area contributed by atoms with Gasteiger partial charge in [-0.05, 0) is 42.8 Å². The summed E-state index contributed by atoms with van der Waals surface area (Å²) in [5, 5.41) is 0. The molecule has 1 heterocycles. The van der Waals surface area contributed by atoms with E-state index in [0.717, 1.165) is 29.5 Å². The van der Waals surface area contributed by atoms with Crippen LogP contribution in [0.1, 0.15) is 36.5 Å². The van der Waals surface area contributed by atoms with Crippen molar-refractivity contribution in [2.24, 2.45) is 4.99 Å². The number of rotatable bonds is 9. The standard InChI is InChI=1S/C22H25FN2O3S/c1-3-4-5-12-28-18-8-6-7-16(14-18)21(26)24-22-25(11-13-27-2)19-10-9-17(23)15-20(19)29-22/h6-10,14-15H,3-5,11-13H2,1-2H3. The van der Waals surface area contributed by atoms with E-state index in [1.807, 2.05) is 10.6 Å². The predicted octanol–water partition coefficient (Wildman–Crippen LogP) is 4.80. The second-order valence-electron chi connectivity index (χ2n) is 6.64. The summed E-state index contributed by atoms with van der Waals surface area (Å²) >= 11 is 1.28. The maximum absolute atomic E-state index is 13.6. The first-order chi connectivity index (χ1) is 14.1. The molecule has 5 nitrogen and oxygen atoms in total. The number of nitrogens with zero attached hydrogens (tertiary/aromatic N) is 2. The third-order valence-electron chi connectivity index (χ3n) is 4.46. The maximum atomic E-state index is 13.6. The maximum Gasteiger partial charge on any atom is 0.279 e. The first-order valence-electron chi connectivity index (χ1n) is 9.72. The van der Waals surface area contributed by atoms with Gasteiger partial charge in [-0.25, -0.2) is 4.39 Å². The van der Waals surface area contributed by atoms with Crippen LogP contribution in [0.2, 0.25) is 0 Å². The number of halogens is 1. The topological polar surface area (TPSA) is 52.8 Å². The van der Waals surface area contributed by atoms with E-state index in [1.165, 1.54) is 23.5 Å². The van der Waals surface area contributed by atoms with E-state index in [1.54, 1.807) is 31.4 Å². The highest BCUT2D eigenvalue weighted by molar-refractivity contribution is 7.16. The number of aromatic nitrogens is 1. The quantitative estimate of drug-likeness (QED) is 0.471. The molecular formula is C22H25FN2O3S. The molecule has 0 bridgehead atoms. The zero-order chi connectivity index (χ0) is 20.6. The number of amides is 1. The first kappa shape index (κ1) is 21.2. The highest BCUT2D eigenvalue weighted by Gasteiger charge is 2.11. The van der Waals surface area contributed by atoms with Gasteiger partial charge >= 0.3 is 0 Å². The largest absolute Gasteiger partial charge is 0.494 e. The van der Waals surface area contributed by atoms with Gasteiger partial charge in [-0.3, -0.25) is 4.79 Å². The van der Waals surface area contributed by atoms with Crippen LogP contribution in [0.5, 0.6) is 5.75 Å². The van der Waals surface area contributed by atoms with E-state index in [0.29, 0.717) is 35.9 Å². The van der Waals surface area contributed by atoms with Gasteiger partial charge < -0.3 is 14.0 Å². The van der Waals surface area contributed by atoms with Crippen LogP contribution in [0.4, 0.5) is 4.39 Å². The number of thiazole rings is 1. The molecule has 0 atom stereocenters. The number of carbonyl (C=O) groups is 1. The van der Waals surface area contributed by atoms with Crippen LogP contribution < -0.4 is 9.54 Å². The van der Waals surface area contributed by atoms with Crippen LogP contribution in [0, 0.1) is 5.82 Å². The van der Waals surface area contributed by atoms with E-state index in [2.05, 4.69) is 11.9 Å². The summed E-state index contributed by atoms with van der Waals surface area (Å²) in [6.45, 7) is 3.75. The molecule has 29 heavy (non-hydrogen) atoms. The highest BCUT2D eigenvalue weighted by atomic mass is 32.1. The predicted molar refractivity (Wildman–Crippen MR) is 113 cm³/mol. The van der Waals surface area contributed by atoms with Crippen molar-refractivity contribution in [3.63, 3.8) is 0 Å². The summed E-state index contributed by atoms with van der Waals surface area (Å²) in [6.07, 6.45) is 3.22. The van der Waals surface area contributed by atoms with Crippen molar-refractivity contribution >= 4 is 27.5 Å². The number of hydrogen-bond donors (Lipinski definition) is 0. The van der Waals surface area contributed by atoms with Gasteiger partial charge in [0, 0.05) is 19.2 Å². The van der Waals surface area contributed by atoms with Crippen LogP contribution >= 0.6 is 11.3 Å². The summed E-state index contributed by atoms with van der Waals surface area (Å²) in [6, 6.07) is 11.6. The Morgan fingerprint density at radius 3 is 2.83 bits per heavy atom. The van der Waals surface area contributed by atoms with Crippen LogP contribution in [0.15, 0.2) is 47.5 Å². The Hall–Kier alpha value is -2.51. The van der Waals surface area contributed by atoms with Gasteiger partial charge in [-0.15, -0.1) is 0 Å². The minimum absolute atomic E-state index is 0.316. The van der Waals surface area contributed by atoms with Gasteiger partial charge in [0.05, 0.1) is 23.4 Å². The zero-order valence-corrected chi connectivity index (χ0v) is 17.5. The number of unbranched alkanes of at least 4 members (excludes halogenated alkanes) is 2. The molecule has 0 spiro atoms. The smallest absolute Gasteiger partial charge is 0.279 e. The summed E-state index contributed by atoms with van der Waals surface area (Å²) in [4.78, 5) is 17.6.